The fourth-order valence-electron chi connectivity index (χ4n) is 2.76. The number of amides is 2. The Balaban J connectivity index is 1.80. The maximum Gasteiger partial charge on any atom is 0.260 e. The molecule has 0 saturated carbocycles. The Bertz CT molecular complexity index is 924. The van der Waals surface area contributed by atoms with Crippen LogP contribution in [0.2, 0.25) is 0 Å². The van der Waals surface area contributed by atoms with Gasteiger partial charge in [0.2, 0.25) is 0 Å². The topological polar surface area (TPSA) is 87.7 Å². The van der Waals surface area contributed by atoms with E-state index in [9.17, 15) is 14.7 Å². The smallest absolute Gasteiger partial charge is 0.260 e. The molecule has 0 atom stereocenters. The van der Waals surface area contributed by atoms with E-state index in [1.807, 2.05) is 13.0 Å². The molecule has 0 aromatic heterocycles. The fourth-order valence-corrected chi connectivity index (χ4v) is 3.12. The van der Waals surface area contributed by atoms with Crippen LogP contribution in [-0.2, 0) is 11.3 Å². The molecule has 1 heterocycles. The number of nitrogens with one attached hydrogen (secondary N) is 2. The van der Waals surface area contributed by atoms with Crippen LogP contribution >= 0.6 is 15.9 Å². The van der Waals surface area contributed by atoms with Gasteiger partial charge in [-0.1, -0.05) is 22.9 Å². The van der Waals surface area contributed by atoms with Crippen LogP contribution in [0.5, 0.6) is 11.5 Å². The van der Waals surface area contributed by atoms with Crippen molar-refractivity contribution in [3.63, 3.8) is 0 Å². The highest BCUT2D eigenvalue weighted by molar-refractivity contribution is 9.10. The lowest BCUT2D eigenvalue weighted by molar-refractivity contribution is -0.114. The summed E-state index contributed by atoms with van der Waals surface area (Å²) >= 11 is 3.37. The third-order valence-electron chi connectivity index (χ3n) is 3.96. The zero-order valence-corrected chi connectivity index (χ0v) is 16.3. The summed E-state index contributed by atoms with van der Waals surface area (Å²) in [5.74, 6) is -0.161. The minimum absolute atomic E-state index is 0.114. The number of carbonyl (C=O) groups excluding carboxylic acids is 2. The maximum atomic E-state index is 12.2. The first kappa shape index (κ1) is 19.0. The largest absolute Gasteiger partial charge is 0.508 e. The van der Waals surface area contributed by atoms with Crippen LogP contribution in [0.1, 0.15) is 34.8 Å². The SMILES string of the molecule is CCCOc1cc(O)cc(CN/C=C2\C(=O)NC(=O)c3ccc(Br)cc32)c1. The molecule has 7 heteroatoms. The number of imide groups is 1. The number of carbonyl (C=O) groups is 2. The van der Waals surface area contributed by atoms with E-state index >= 15 is 0 Å². The van der Waals surface area contributed by atoms with Gasteiger partial charge >= 0.3 is 0 Å². The number of hydrogen-bond donors (Lipinski definition) is 3. The molecule has 0 spiro atoms. The molecule has 1 aliphatic heterocycles. The molecule has 6 nitrogen and oxygen atoms in total. The van der Waals surface area contributed by atoms with Crippen LogP contribution in [0.15, 0.2) is 47.1 Å². The highest BCUT2D eigenvalue weighted by Gasteiger charge is 2.27. The minimum Gasteiger partial charge on any atom is -0.508 e. The predicted octanol–water partition coefficient (Wildman–Crippen LogP) is 3.34. The Labute approximate surface area is 165 Å². The van der Waals surface area contributed by atoms with Crippen molar-refractivity contribution in [2.75, 3.05) is 6.61 Å². The summed E-state index contributed by atoms with van der Waals surface area (Å²) in [6.07, 6.45) is 2.45. The van der Waals surface area contributed by atoms with Crippen molar-refractivity contribution in [3.8, 4) is 11.5 Å². The average molecular weight is 431 g/mol. The first-order chi connectivity index (χ1) is 13.0. The normalized spacial score (nSPS) is 14.7. The van der Waals surface area contributed by atoms with E-state index in [4.69, 9.17) is 4.74 Å². The molecule has 2 amide bonds. The Morgan fingerprint density at radius 1 is 1.15 bits per heavy atom. The number of phenols is 1. The van der Waals surface area contributed by atoms with Gasteiger partial charge in [0.25, 0.3) is 11.8 Å². The first-order valence-electron chi connectivity index (χ1n) is 8.53. The maximum absolute atomic E-state index is 12.2. The molecule has 0 saturated heterocycles. The van der Waals surface area contributed by atoms with E-state index in [0.29, 0.717) is 35.6 Å². The Kier molecular flexibility index (Phi) is 5.81. The molecule has 0 aliphatic carbocycles. The van der Waals surface area contributed by atoms with E-state index in [1.165, 1.54) is 0 Å². The van der Waals surface area contributed by atoms with Gasteiger partial charge in [-0.2, -0.15) is 0 Å². The molecule has 0 unspecified atom stereocenters. The van der Waals surface area contributed by atoms with E-state index in [0.717, 1.165) is 16.5 Å². The molecule has 2 aromatic rings. The van der Waals surface area contributed by atoms with Gasteiger partial charge in [0.15, 0.2) is 0 Å². The molecule has 3 rings (SSSR count). The Morgan fingerprint density at radius 2 is 1.96 bits per heavy atom. The summed E-state index contributed by atoms with van der Waals surface area (Å²) in [6.45, 7) is 2.96. The average Bonchev–Trinajstić information content (AvgIpc) is 2.62. The molecular weight excluding hydrogens is 412 g/mol. The molecule has 0 bridgehead atoms. The zero-order chi connectivity index (χ0) is 19.4. The van der Waals surface area contributed by atoms with Crippen LogP contribution in [0.3, 0.4) is 0 Å². The molecule has 2 aromatic carbocycles. The monoisotopic (exact) mass is 430 g/mol. The lowest BCUT2D eigenvalue weighted by atomic mass is 9.95. The van der Waals surface area contributed by atoms with Crippen LogP contribution in [0.4, 0.5) is 0 Å². The van der Waals surface area contributed by atoms with Gasteiger partial charge in [-0.25, -0.2) is 0 Å². The Hall–Kier alpha value is -2.80. The number of benzene rings is 2. The molecule has 3 N–H and O–H groups in total. The summed E-state index contributed by atoms with van der Waals surface area (Å²) < 4.78 is 6.33. The lowest BCUT2D eigenvalue weighted by Gasteiger charge is -2.18. The molecule has 1 aliphatic rings. The number of halogens is 1. The van der Waals surface area contributed by atoms with Crippen LogP contribution < -0.4 is 15.4 Å². The highest BCUT2D eigenvalue weighted by atomic mass is 79.9. The number of phenolic OH excluding ortho intramolecular Hbond substituents is 1. The number of ether oxygens (including phenoxy) is 1. The minimum atomic E-state index is -0.457. The van der Waals surface area contributed by atoms with E-state index in [2.05, 4.69) is 26.6 Å². The highest BCUT2D eigenvalue weighted by Crippen LogP contribution is 2.27. The summed E-state index contributed by atoms with van der Waals surface area (Å²) in [5, 5.41) is 15.2. The first-order valence-corrected chi connectivity index (χ1v) is 9.32. The van der Waals surface area contributed by atoms with Gasteiger partial charge in [0.05, 0.1) is 12.2 Å². The van der Waals surface area contributed by atoms with Crippen molar-refractivity contribution in [1.82, 2.24) is 10.6 Å². The van der Waals surface area contributed by atoms with Crippen LogP contribution in [-0.4, -0.2) is 23.5 Å². The van der Waals surface area contributed by atoms with Gasteiger partial charge in [-0.15, -0.1) is 0 Å². The fraction of sp³-hybridized carbons (Fsp3) is 0.200. The third kappa shape index (κ3) is 4.49. The summed E-state index contributed by atoms with van der Waals surface area (Å²) in [4.78, 5) is 24.2. The van der Waals surface area contributed by atoms with Crippen molar-refractivity contribution in [2.24, 2.45) is 0 Å². The van der Waals surface area contributed by atoms with Gasteiger partial charge in [0, 0.05) is 34.4 Å². The standard InChI is InChI=1S/C20H19BrN2O4/c1-2-5-27-15-7-12(6-14(24)9-15)10-22-11-18-17-8-13(21)3-4-16(17)19(25)23-20(18)26/h3-4,6-9,11,22,24H,2,5,10H2,1H3,(H,23,25,26)/b18-11-. The van der Waals surface area contributed by atoms with Crippen molar-refractivity contribution in [3.05, 3.63) is 63.8 Å². The molecule has 27 heavy (non-hydrogen) atoms. The number of hydrogen-bond acceptors (Lipinski definition) is 5. The summed E-state index contributed by atoms with van der Waals surface area (Å²) in [5.41, 5.74) is 2.18. The number of rotatable bonds is 6. The van der Waals surface area contributed by atoms with Crippen molar-refractivity contribution < 1.29 is 19.4 Å². The van der Waals surface area contributed by atoms with Crippen molar-refractivity contribution >= 4 is 33.3 Å². The molecule has 140 valence electrons. The predicted molar refractivity (Wildman–Crippen MR) is 105 cm³/mol. The second-order valence-electron chi connectivity index (χ2n) is 6.10. The quantitative estimate of drug-likeness (QED) is 0.483. The van der Waals surface area contributed by atoms with Crippen molar-refractivity contribution in [2.45, 2.75) is 19.9 Å². The Morgan fingerprint density at radius 3 is 2.74 bits per heavy atom. The van der Waals surface area contributed by atoms with Crippen molar-refractivity contribution in [1.29, 1.82) is 0 Å². The number of fused-ring (bicyclic) bond motifs is 1. The van der Waals surface area contributed by atoms with E-state index < -0.39 is 11.8 Å². The van der Waals surface area contributed by atoms with Crippen LogP contribution in [0.25, 0.3) is 5.57 Å². The van der Waals surface area contributed by atoms with E-state index in [-0.39, 0.29) is 5.75 Å². The summed E-state index contributed by atoms with van der Waals surface area (Å²) in [7, 11) is 0. The molecule has 0 fully saturated rings. The van der Waals surface area contributed by atoms with Gasteiger partial charge in [0.1, 0.15) is 11.5 Å². The van der Waals surface area contributed by atoms with Gasteiger partial charge < -0.3 is 15.2 Å². The third-order valence-corrected chi connectivity index (χ3v) is 4.46. The second kappa shape index (κ2) is 8.26. The zero-order valence-electron chi connectivity index (χ0n) is 14.7. The van der Waals surface area contributed by atoms with E-state index in [1.54, 1.807) is 36.5 Å². The molecule has 0 radical (unpaired) electrons. The summed E-state index contributed by atoms with van der Waals surface area (Å²) in [6, 6.07) is 10.2. The van der Waals surface area contributed by atoms with Gasteiger partial charge in [-0.05, 0) is 42.3 Å². The molecular formula is C20H19BrN2O4. The number of aromatic hydroxyl groups is 1. The lowest BCUT2D eigenvalue weighted by Crippen LogP contribution is -2.37. The second-order valence-corrected chi connectivity index (χ2v) is 7.01. The van der Waals surface area contributed by atoms with Gasteiger partial charge in [-0.3, -0.25) is 14.9 Å². The van der Waals surface area contributed by atoms with Crippen LogP contribution in [0, 0.1) is 0 Å².